The number of hydrogen-bond acceptors (Lipinski definition) is 2. The van der Waals surface area contributed by atoms with Crippen molar-refractivity contribution in [3.8, 4) is 5.75 Å². The summed E-state index contributed by atoms with van der Waals surface area (Å²) in [5.41, 5.74) is 0.166. The summed E-state index contributed by atoms with van der Waals surface area (Å²) in [6.07, 6.45) is -6.21. The van der Waals surface area contributed by atoms with Crippen LogP contribution >= 0.6 is 34.8 Å². The van der Waals surface area contributed by atoms with Crippen LogP contribution in [0.5, 0.6) is 5.75 Å². The van der Waals surface area contributed by atoms with E-state index < -0.39 is 22.0 Å². The number of aliphatic hydroxyl groups is 1. The Morgan fingerprint density at radius 2 is 1.53 bits per heavy atom. The third-order valence-corrected chi connectivity index (χ3v) is 2.36. The molecule has 17 heavy (non-hydrogen) atoms. The molecule has 0 aliphatic carbocycles. The molecule has 1 atom stereocenters. The van der Waals surface area contributed by atoms with Crippen LogP contribution in [0.1, 0.15) is 11.7 Å². The van der Waals surface area contributed by atoms with Gasteiger partial charge in [0, 0.05) is 0 Å². The minimum atomic E-state index is -4.77. The highest BCUT2D eigenvalue weighted by molar-refractivity contribution is 6.68. The number of halogens is 6. The van der Waals surface area contributed by atoms with E-state index in [1.54, 1.807) is 0 Å². The van der Waals surface area contributed by atoms with Crippen LogP contribution in [0.25, 0.3) is 0 Å². The Bertz CT molecular complexity index is 373. The SMILES string of the molecule is OC(c1ccc(OC(F)(F)F)cc1)C(Cl)(Cl)Cl. The van der Waals surface area contributed by atoms with Gasteiger partial charge in [0.2, 0.25) is 3.79 Å². The van der Waals surface area contributed by atoms with Gasteiger partial charge in [-0.3, -0.25) is 0 Å². The van der Waals surface area contributed by atoms with E-state index in [-0.39, 0.29) is 5.56 Å². The van der Waals surface area contributed by atoms with Gasteiger partial charge in [0.15, 0.2) is 0 Å². The molecule has 0 amide bonds. The lowest BCUT2D eigenvalue weighted by molar-refractivity contribution is -0.274. The molecule has 0 saturated heterocycles. The second-order valence-electron chi connectivity index (χ2n) is 3.06. The third kappa shape index (κ3) is 4.79. The summed E-state index contributed by atoms with van der Waals surface area (Å²) in [6.45, 7) is 0. The fourth-order valence-corrected chi connectivity index (χ4v) is 1.42. The monoisotopic (exact) mass is 308 g/mol. The Morgan fingerprint density at radius 3 is 1.88 bits per heavy atom. The third-order valence-electron chi connectivity index (χ3n) is 1.74. The first kappa shape index (κ1) is 14.7. The molecular weight excluding hydrogens is 303 g/mol. The highest BCUT2D eigenvalue weighted by atomic mass is 35.6. The molecule has 0 aliphatic rings. The zero-order valence-electron chi connectivity index (χ0n) is 8.01. The van der Waals surface area contributed by atoms with Crippen molar-refractivity contribution in [2.45, 2.75) is 16.3 Å². The van der Waals surface area contributed by atoms with Crippen molar-refractivity contribution in [2.24, 2.45) is 0 Å². The molecule has 0 heterocycles. The molecule has 0 spiro atoms. The highest BCUT2D eigenvalue weighted by Crippen LogP contribution is 2.40. The van der Waals surface area contributed by atoms with Gasteiger partial charge in [-0.2, -0.15) is 0 Å². The van der Waals surface area contributed by atoms with Gasteiger partial charge in [-0.15, -0.1) is 13.2 Å². The summed E-state index contributed by atoms with van der Waals surface area (Å²) in [5.74, 6) is -0.419. The van der Waals surface area contributed by atoms with Crippen molar-refractivity contribution in [3.63, 3.8) is 0 Å². The Balaban J connectivity index is 2.82. The largest absolute Gasteiger partial charge is 0.573 e. The molecule has 0 aromatic heterocycles. The van der Waals surface area contributed by atoms with Crippen LogP contribution < -0.4 is 4.74 Å². The summed E-state index contributed by atoms with van der Waals surface area (Å²) < 4.78 is 37.3. The van der Waals surface area contributed by atoms with E-state index in [0.717, 1.165) is 12.1 Å². The molecular formula is C9H6Cl3F3O2. The van der Waals surface area contributed by atoms with Crippen LogP contribution in [0.3, 0.4) is 0 Å². The smallest absolute Gasteiger partial charge is 0.406 e. The molecule has 1 aromatic carbocycles. The molecule has 0 fully saturated rings. The lowest BCUT2D eigenvalue weighted by Crippen LogP contribution is -2.18. The topological polar surface area (TPSA) is 29.5 Å². The van der Waals surface area contributed by atoms with Crippen molar-refractivity contribution in [1.29, 1.82) is 0 Å². The van der Waals surface area contributed by atoms with Crippen LogP contribution in [-0.4, -0.2) is 15.3 Å². The average molecular weight is 309 g/mol. The predicted octanol–water partition coefficient (Wildman–Crippen LogP) is 3.99. The summed E-state index contributed by atoms with van der Waals surface area (Å²) in [5, 5.41) is 9.52. The standard InChI is InChI=1S/C9H6Cl3F3O2/c10-8(11,12)7(16)5-1-3-6(4-2-5)17-9(13,14)15/h1-4,7,16H. The summed E-state index contributed by atoms with van der Waals surface area (Å²) >= 11 is 16.3. The first-order valence-corrected chi connectivity index (χ1v) is 5.33. The Kier molecular flexibility index (Phi) is 4.41. The second-order valence-corrected chi connectivity index (χ2v) is 5.43. The highest BCUT2D eigenvalue weighted by Gasteiger charge is 2.33. The second kappa shape index (κ2) is 5.10. The van der Waals surface area contributed by atoms with E-state index >= 15 is 0 Å². The van der Waals surface area contributed by atoms with Gasteiger partial charge in [-0.25, -0.2) is 0 Å². The molecule has 0 bridgehead atoms. The molecule has 0 aliphatic heterocycles. The fraction of sp³-hybridized carbons (Fsp3) is 0.333. The average Bonchev–Trinajstić information content (AvgIpc) is 2.14. The van der Waals surface area contributed by atoms with E-state index in [9.17, 15) is 18.3 Å². The zero-order valence-corrected chi connectivity index (χ0v) is 10.3. The van der Waals surface area contributed by atoms with Gasteiger partial charge in [0.1, 0.15) is 11.9 Å². The quantitative estimate of drug-likeness (QED) is 0.837. The van der Waals surface area contributed by atoms with E-state index in [4.69, 9.17) is 34.8 Å². The van der Waals surface area contributed by atoms with Gasteiger partial charge in [-0.05, 0) is 17.7 Å². The van der Waals surface area contributed by atoms with Crippen LogP contribution in [0, 0.1) is 0 Å². The van der Waals surface area contributed by atoms with Gasteiger partial charge in [0.05, 0.1) is 0 Å². The number of ether oxygens (including phenoxy) is 1. The molecule has 0 saturated carbocycles. The fourth-order valence-electron chi connectivity index (χ4n) is 1.04. The molecule has 0 radical (unpaired) electrons. The van der Waals surface area contributed by atoms with Crippen molar-refractivity contribution in [3.05, 3.63) is 29.8 Å². The van der Waals surface area contributed by atoms with Crippen molar-refractivity contribution < 1.29 is 23.0 Å². The van der Waals surface area contributed by atoms with E-state index in [0.29, 0.717) is 0 Å². The number of alkyl halides is 6. The van der Waals surface area contributed by atoms with Crippen LogP contribution in [0.4, 0.5) is 13.2 Å². The molecule has 1 aromatic rings. The van der Waals surface area contributed by atoms with Crippen LogP contribution in [0.2, 0.25) is 0 Å². The zero-order chi connectivity index (χ0) is 13.3. The first-order valence-electron chi connectivity index (χ1n) is 4.20. The van der Waals surface area contributed by atoms with Gasteiger partial charge < -0.3 is 9.84 Å². The van der Waals surface area contributed by atoms with Gasteiger partial charge in [0.25, 0.3) is 0 Å². The molecule has 2 nitrogen and oxygen atoms in total. The van der Waals surface area contributed by atoms with Crippen LogP contribution in [-0.2, 0) is 0 Å². The van der Waals surface area contributed by atoms with E-state index in [1.807, 2.05) is 0 Å². The Hall–Kier alpha value is -0.360. The molecule has 96 valence electrons. The van der Waals surface area contributed by atoms with Crippen LogP contribution in [0.15, 0.2) is 24.3 Å². The first-order chi connectivity index (χ1) is 7.59. The number of aliphatic hydroxyl groups excluding tert-OH is 1. The Morgan fingerprint density at radius 1 is 1.06 bits per heavy atom. The van der Waals surface area contributed by atoms with Gasteiger partial charge in [-0.1, -0.05) is 46.9 Å². The van der Waals surface area contributed by atoms with Gasteiger partial charge >= 0.3 is 6.36 Å². The lowest BCUT2D eigenvalue weighted by Gasteiger charge is -2.19. The van der Waals surface area contributed by atoms with Crippen molar-refractivity contribution >= 4 is 34.8 Å². The van der Waals surface area contributed by atoms with E-state index in [1.165, 1.54) is 12.1 Å². The molecule has 8 heteroatoms. The minimum Gasteiger partial charge on any atom is -0.406 e. The Labute approximate surface area is 110 Å². The summed E-state index contributed by atoms with van der Waals surface area (Å²) in [6, 6.07) is 4.38. The van der Waals surface area contributed by atoms with Crippen molar-refractivity contribution in [1.82, 2.24) is 0 Å². The molecule has 1 unspecified atom stereocenters. The summed E-state index contributed by atoms with van der Waals surface area (Å²) in [7, 11) is 0. The van der Waals surface area contributed by atoms with E-state index in [2.05, 4.69) is 4.74 Å². The number of benzene rings is 1. The number of rotatable bonds is 2. The van der Waals surface area contributed by atoms with Crippen molar-refractivity contribution in [2.75, 3.05) is 0 Å². The summed E-state index contributed by atoms with van der Waals surface area (Å²) in [4.78, 5) is 0. The minimum absolute atomic E-state index is 0.166. The maximum atomic E-state index is 11.9. The number of hydrogen-bond donors (Lipinski definition) is 1. The lowest BCUT2D eigenvalue weighted by atomic mass is 10.1. The normalized spacial score (nSPS) is 14.5. The predicted molar refractivity (Wildman–Crippen MR) is 58.4 cm³/mol. The maximum absolute atomic E-state index is 11.9. The maximum Gasteiger partial charge on any atom is 0.573 e. The molecule has 1 rings (SSSR count). The molecule has 1 N–H and O–H groups in total.